The molecule has 0 saturated carbocycles. The molecule has 0 fully saturated rings. The average molecular weight is 259 g/mol. The van der Waals surface area contributed by atoms with Crippen molar-refractivity contribution in [1.29, 1.82) is 0 Å². The van der Waals surface area contributed by atoms with Crippen LogP contribution in [-0.4, -0.2) is 13.3 Å². The van der Waals surface area contributed by atoms with Gasteiger partial charge in [0.15, 0.2) is 0 Å². The zero-order valence-electron chi connectivity index (χ0n) is 9.43. The van der Waals surface area contributed by atoms with Crippen LogP contribution in [-0.2, 0) is 0 Å². The summed E-state index contributed by atoms with van der Waals surface area (Å²) in [6, 6.07) is 0. The minimum atomic E-state index is -1.83. The Morgan fingerprint density at radius 1 is 0.600 bits per heavy atom. The van der Waals surface area contributed by atoms with Gasteiger partial charge in [-0.25, -0.2) is 0 Å². The van der Waals surface area contributed by atoms with Gasteiger partial charge in [0, 0.05) is 0 Å². The summed E-state index contributed by atoms with van der Waals surface area (Å²) in [5, 5.41) is 0. The van der Waals surface area contributed by atoms with Crippen molar-refractivity contribution in [1.82, 2.24) is 0 Å². The van der Waals surface area contributed by atoms with Crippen molar-refractivity contribution < 1.29 is 0 Å². The quantitative estimate of drug-likeness (QED) is 0.650. The number of hydrogen-bond acceptors (Lipinski definition) is 0. The van der Waals surface area contributed by atoms with Crippen LogP contribution in [0.25, 0.3) is 0 Å². The van der Waals surface area contributed by atoms with Gasteiger partial charge in [0.05, 0.1) is 0 Å². The van der Waals surface area contributed by atoms with Gasteiger partial charge in [-0.2, -0.15) is 0 Å². The first-order valence-corrected chi connectivity index (χ1v) is 12.2. The van der Waals surface area contributed by atoms with Crippen LogP contribution in [0.5, 0.6) is 0 Å². The van der Waals surface area contributed by atoms with Crippen LogP contribution in [0.2, 0.25) is 21.0 Å². The SMILES string of the molecule is [CH3][Ge]([CH3])([CH]1C=CC=CC=C1)[CH]1C=CC=C1. The first kappa shape index (κ1) is 10.8. The van der Waals surface area contributed by atoms with Crippen LogP contribution in [0.3, 0.4) is 0 Å². The maximum atomic E-state index is 2.52. The van der Waals surface area contributed by atoms with Crippen molar-refractivity contribution in [3.8, 4) is 0 Å². The second-order valence-corrected chi connectivity index (χ2v) is 15.2. The van der Waals surface area contributed by atoms with E-state index in [4.69, 9.17) is 0 Å². The second kappa shape index (κ2) is 4.40. The summed E-state index contributed by atoms with van der Waals surface area (Å²) in [4.78, 5) is 0. The van der Waals surface area contributed by atoms with Crippen molar-refractivity contribution >= 4 is 13.3 Å². The Morgan fingerprint density at radius 3 is 1.33 bits per heavy atom. The van der Waals surface area contributed by atoms with Crippen molar-refractivity contribution in [2.24, 2.45) is 0 Å². The van der Waals surface area contributed by atoms with E-state index in [0.717, 1.165) is 4.75 Å². The number of hydrogen-bond donors (Lipinski definition) is 0. The minimum absolute atomic E-state index is 0.692. The van der Waals surface area contributed by atoms with Crippen LogP contribution >= 0.6 is 0 Å². The first-order chi connectivity index (χ1) is 7.21. The van der Waals surface area contributed by atoms with Gasteiger partial charge in [0.2, 0.25) is 0 Å². The number of rotatable bonds is 2. The molecule has 0 atom stereocenters. The summed E-state index contributed by atoms with van der Waals surface area (Å²) in [6.45, 7) is 0. The molecule has 2 rings (SSSR count). The molecule has 0 saturated heterocycles. The Hall–Kier alpha value is -0.757. The standard InChI is InChI=1S/C14H18Ge/c1-15(2,14-11-7-8-12-14)13-9-5-3-4-6-10-13/h3-14H,1-2H3. The third-order valence-electron chi connectivity index (χ3n) is 3.44. The van der Waals surface area contributed by atoms with Gasteiger partial charge in [-0.1, -0.05) is 0 Å². The predicted molar refractivity (Wildman–Crippen MR) is 70.7 cm³/mol. The van der Waals surface area contributed by atoms with E-state index in [-0.39, 0.29) is 0 Å². The third kappa shape index (κ3) is 2.26. The molecule has 0 amide bonds. The summed E-state index contributed by atoms with van der Waals surface area (Å²) < 4.78 is 1.43. The average Bonchev–Trinajstić information content (AvgIpc) is 2.61. The van der Waals surface area contributed by atoms with E-state index in [1.807, 2.05) is 0 Å². The summed E-state index contributed by atoms with van der Waals surface area (Å²) in [5.41, 5.74) is 0. The van der Waals surface area contributed by atoms with Gasteiger partial charge in [0.1, 0.15) is 0 Å². The number of allylic oxidation sites excluding steroid dienone is 10. The van der Waals surface area contributed by atoms with E-state index in [9.17, 15) is 0 Å². The third-order valence-corrected chi connectivity index (χ3v) is 12.3. The van der Waals surface area contributed by atoms with Crippen LogP contribution in [0.4, 0.5) is 0 Å². The van der Waals surface area contributed by atoms with Gasteiger partial charge in [0.25, 0.3) is 0 Å². The van der Waals surface area contributed by atoms with E-state index in [0.29, 0.717) is 4.75 Å². The molecule has 0 aromatic carbocycles. The Bertz CT molecular complexity index is 339. The van der Waals surface area contributed by atoms with Gasteiger partial charge < -0.3 is 0 Å². The summed E-state index contributed by atoms with van der Waals surface area (Å²) in [7, 11) is 0. The molecule has 0 aromatic rings. The Morgan fingerprint density at radius 2 is 0.933 bits per heavy atom. The van der Waals surface area contributed by atoms with E-state index >= 15 is 0 Å². The molecular weight excluding hydrogens is 241 g/mol. The molecule has 0 nitrogen and oxygen atoms in total. The summed E-state index contributed by atoms with van der Waals surface area (Å²) in [6.07, 6.45) is 22.5. The normalized spacial score (nSPS) is 21.5. The molecule has 0 spiro atoms. The zero-order chi connectivity index (χ0) is 10.7. The van der Waals surface area contributed by atoms with E-state index in [1.54, 1.807) is 0 Å². The predicted octanol–water partition coefficient (Wildman–Crippen LogP) is 4.24. The molecule has 0 bridgehead atoms. The van der Waals surface area contributed by atoms with Crippen molar-refractivity contribution in [3.05, 3.63) is 60.8 Å². The molecule has 78 valence electrons. The molecule has 2 aliphatic carbocycles. The van der Waals surface area contributed by atoms with Crippen molar-refractivity contribution in [2.75, 3.05) is 0 Å². The zero-order valence-corrected chi connectivity index (χ0v) is 11.5. The molecule has 0 unspecified atom stereocenters. The van der Waals surface area contributed by atoms with Gasteiger partial charge >= 0.3 is 95.0 Å². The van der Waals surface area contributed by atoms with Crippen LogP contribution in [0.15, 0.2) is 60.8 Å². The first-order valence-electron chi connectivity index (χ1n) is 5.58. The van der Waals surface area contributed by atoms with Crippen molar-refractivity contribution in [3.63, 3.8) is 0 Å². The van der Waals surface area contributed by atoms with Gasteiger partial charge in [-0.3, -0.25) is 0 Å². The van der Waals surface area contributed by atoms with E-state index in [1.165, 1.54) is 0 Å². The fraction of sp³-hybridized carbons (Fsp3) is 0.286. The van der Waals surface area contributed by atoms with Gasteiger partial charge in [-0.15, -0.1) is 0 Å². The molecule has 0 heterocycles. The summed E-state index contributed by atoms with van der Waals surface area (Å²) >= 11 is -1.83. The maximum absolute atomic E-state index is 2.52. The Balaban J connectivity index is 2.21. The molecule has 0 aliphatic heterocycles. The molecule has 2 aliphatic rings. The molecule has 0 aromatic heterocycles. The van der Waals surface area contributed by atoms with Crippen LogP contribution < -0.4 is 0 Å². The Kier molecular flexibility index (Phi) is 3.15. The topological polar surface area (TPSA) is 0 Å². The molecule has 0 radical (unpaired) electrons. The van der Waals surface area contributed by atoms with Crippen molar-refractivity contribution in [2.45, 2.75) is 21.0 Å². The fourth-order valence-electron chi connectivity index (χ4n) is 2.21. The van der Waals surface area contributed by atoms with Gasteiger partial charge in [-0.05, 0) is 0 Å². The van der Waals surface area contributed by atoms with E-state index in [2.05, 4.69) is 72.3 Å². The molecule has 0 N–H and O–H groups in total. The molecule has 1 heteroatoms. The second-order valence-electron chi connectivity index (χ2n) is 4.80. The molecular formula is C14H18Ge. The monoisotopic (exact) mass is 260 g/mol. The van der Waals surface area contributed by atoms with Crippen LogP contribution in [0.1, 0.15) is 0 Å². The summed E-state index contributed by atoms with van der Waals surface area (Å²) in [5.74, 6) is 5.05. The van der Waals surface area contributed by atoms with E-state index < -0.39 is 13.3 Å². The van der Waals surface area contributed by atoms with Crippen LogP contribution in [0, 0.1) is 0 Å². The fourth-order valence-corrected chi connectivity index (χ4v) is 8.23. The molecule has 15 heavy (non-hydrogen) atoms. The Labute approximate surface area is 95.1 Å².